The number of allylic oxidation sites excluding steroid dienone is 4. The molecule has 0 atom stereocenters. The molecule has 2 aliphatic carbocycles. The molecule has 3 heteroatoms. The molecular formula is C59H64Cl2Hf. The van der Waals surface area contributed by atoms with Crippen LogP contribution in [0.15, 0.2) is 155 Å². The van der Waals surface area contributed by atoms with Gasteiger partial charge < -0.3 is 24.8 Å². The zero-order valence-corrected chi connectivity index (χ0v) is 44.1. The van der Waals surface area contributed by atoms with E-state index in [-0.39, 0.29) is 46.5 Å². The van der Waals surface area contributed by atoms with Gasteiger partial charge in [0, 0.05) is 0 Å². The topological polar surface area (TPSA) is 0 Å². The quantitative estimate of drug-likeness (QED) is 0.146. The van der Waals surface area contributed by atoms with Crippen molar-refractivity contribution in [2.45, 2.75) is 115 Å². The normalized spacial score (nSPS) is 13.6. The van der Waals surface area contributed by atoms with Gasteiger partial charge >= 0.3 is 372 Å². The average molecular weight is 1020 g/mol. The molecule has 0 unspecified atom stereocenters. The van der Waals surface area contributed by atoms with Crippen LogP contribution in [0.25, 0.3) is 33.4 Å². The first kappa shape index (κ1) is 47.6. The fraction of sp³-hybridized carbons (Fsp3) is 0.305. The second kappa shape index (κ2) is 17.9. The van der Waals surface area contributed by atoms with Crippen LogP contribution in [0.2, 0.25) is 0 Å². The number of hydrogen-bond donors (Lipinski definition) is 0. The van der Waals surface area contributed by atoms with Crippen LogP contribution in [0, 0.1) is 0 Å². The summed E-state index contributed by atoms with van der Waals surface area (Å²) in [5.41, 5.74) is 19.7. The van der Waals surface area contributed by atoms with E-state index in [0.717, 1.165) is 6.42 Å². The van der Waals surface area contributed by atoms with Crippen LogP contribution in [-0.2, 0) is 42.6 Å². The van der Waals surface area contributed by atoms with Gasteiger partial charge in [0.05, 0.1) is 0 Å². The summed E-state index contributed by atoms with van der Waals surface area (Å²) in [5.74, 6) is 0. The van der Waals surface area contributed by atoms with Crippen LogP contribution >= 0.6 is 0 Å². The molecule has 318 valence electrons. The number of halogens is 2. The predicted molar refractivity (Wildman–Crippen MR) is 257 cm³/mol. The van der Waals surface area contributed by atoms with Gasteiger partial charge in [0.2, 0.25) is 0 Å². The molecule has 0 bridgehead atoms. The van der Waals surface area contributed by atoms with Gasteiger partial charge in [0.15, 0.2) is 0 Å². The third kappa shape index (κ3) is 9.34. The molecule has 0 fully saturated rings. The van der Waals surface area contributed by atoms with Crippen molar-refractivity contribution in [3.8, 4) is 33.4 Å². The van der Waals surface area contributed by atoms with Gasteiger partial charge in [0.1, 0.15) is 0 Å². The minimum atomic E-state index is -3.30. The Balaban J connectivity index is 0.00000321. The van der Waals surface area contributed by atoms with Gasteiger partial charge in [-0.3, -0.25) is 0 Å². The molecule has 2 aliphatic rings. The van der Waals surface area contributed by atoms with Gasteiger partial charge in [-0.15, -0.1) is 0 Å². The van der Waals surface area contributed by atoms with Crippen molar-refractivity contribution < 1.29 is 45.8 Å². The van der Waals surface area contributed by atoms with Crippen molar-refractivity contribution in [3.63, 3.8) is 0 Å². The predicted octanol–water partition coefficient (Wildman–Crippen LogP) is 10.0. The molecule has 62 heavy (non-hydrogen) atoms. The molecule has 0 saturated carbocycles. The number of rotatable bonds is 6. The molecule has 0 heterocycles. The summed E-state index contributed by atoms with van der Waals surface area (Å²) in [6.45, 7) is 28.3. The first-order valence-corrected chi connectivity index (χ1v) is 27.8. The third-order valence-electron chi connectivity index (χ3n) is 12.8. The van der Waals surface area contributed by atoms with E-state index < -0.39 is 21.0 Å². The smallest absolute Gasteiger partial charge is 1.00 e. The largest absolute Gasteiger partial charge is 1.00 e. The molecule has 0 amide bonds. The Hall–Kier alpha value is -3.88. The van der Waals surface area contributed by atoms with Gasteiger partial charge in [-0.05, 0) is 0 Å². The Morgan fingerprint density at radius 2 is 0.839 bits per heavy atom. The monoisotopic (exact) mass is 1020 g/mol. The molecule has 6 aromatic carbocycles. The van der Waals surface area contributed by atoms with E-state index in [0.29, 0.717) is 3.67 Å². The second-order valence-corrected chi connectivity index (χ2v) is 30.6. The van der Waals surface area contributed by atoms with Crippen molar-refractivity contribution in [3.05, 3.63) is 200 Å². The summed E-state index contributed by atoms with van der Waals surface area (Å²) in [6.07, 6.45) is 8.31. The fourth-order valence-corrected chi connectivity index (χ4v) is 22.6. The summed E-state index contributed by atoms with van der Waals surface area (Å²) < 4.78 is 3.58. The number of hydrogen-bond acceptors (Lipinski definition) is 0. The Labute approximate surface area is 393 Å². The first-order chi connectivity index (χ1) is 28.3. The molecule has 0 radical (unpaired) electrons. The standard InChI is InChI=1S/C33H33.C21H26.C5H5.2ClH.Hf/c1-32(2,3)30-20-26-24(18-28(30)22-13-9-7-10-14-22)17-25-19-29(23-15-11-8-12-16-23)31(21-27(25)26)33(4,5)6;1-20(2,3)18-11-7-16(8-12-18)15-17-9-13-19(14-10-17)21(4,5)6;1-2-4-5-3-1;;;/h7-21H,1-6H3;7-14H,1-6H3;1-3H,4H2;2*1H;/q;;;;;+2/p-2. The van der Waals surface area contributed by atoms with E-state index in [2.05, 4.69) is 235 Å². The maximum Gasteiger partial charge on any atom is -1.00 e. The van der Waals surface area contributed by atoms with Crippen LogP contribution in [0.5, 0.6) is 0 Å². The van der Waals surface area contributed by atoms with Crippen molar-refractivity contribution in [2.75, 3.05) is 0 Å². The Bertz CT molecular complexity index is 2480. The minimum Gasteiger partial charge on any atom is -1.00 e. The minimum absolute atomic E-state index is 0. The molecule has 0 spiro atoms. The van der Waals surface area contributed by atoms with E-state index in [1.165, 1.54) is 77.9 Å². The summed E-state index contributed by atoms with van der Waals surface area (Å²) in [6, 6.07) is 52.4. The summed E-state index contributed by atoms with van der Waals surface area (Å²) in [5, 5.41) is 0. The number of fused-ring (bicyclic) bond motifs is 3. The molecular weight excluding hydrogens is 958 g/mol. The van der Waals surface area contributed by atoms with Crippen LogP contribution in [0.1, 0.15) is 138 Å². The van der Waals surface area contributed by atoms with Crippen LogP contribution < -0.4 is 24.8 Å². The third-order valence-corrected chi connectivity index (χ3v) is 25.0. The van der Waals surface area contributed by atoms with Crippen molar-refractivity contribution in [2.24, 2.45) is 0 Å². The summed E-state index contributed by atoms with van der Waals surface area (Å²) in [7, 11) is 0. The molecule has 0 aliphatic heterocycles. The Kier molecular flexibility index (Phi) is 13.8. The van der Waals surface area contributed by atoms with E-state index in [4.69, 9.17) is 0 Å². The van der Waals surface area contributed by atoms with Crippen molar-refractivity contribution in [1.82, 2.24) is 0 Å². The van der Waals surface area contributed by atoms with Gasteiger partial charge in [-0.1, -0.05) is 0 Å². The summed E-state index contributed by atoms with van der Waals surface area (Å²) >= 11 is -3.30. The van der Waals surface area contributed by atoms with Crippen molar-refractivity contribution >= 4 is 3.26 Å². The Morgan fingerprint density at radius 3 is 1.16 bits per heavy atom. The zero-order chi connectivity index (χ0) is 42.8. The molecule has 0 nitrogen and oxygen atoms in total. The number of benzene rings is 6. The average Bonchev–Trinajstić information content (AvgIpc) is 3.85. The van der Waals surface area contributed by atoms with E-state index in [1.807, 2.05) is 0 Å². The second-order valence-electron chi connectivity index (χ2n) is 21.4. The van der Waals surface area contributed by atoms with E-state index in [9.17, 15) is 0 Å². The maximum absolute atomic E-state index is 3.30. The molecule has 0 saturated heterocycles. The first-order valence-electron chi connectivity index (χ1n) is 22.1. The van der Waals surface area contributed by atoms with Gasteiger partial charge in [-0.2, -0.15) is 0 Å². The van der Waals surface area contributed by atoms with Gasteiger partial charge in [-0.25, -0.2) is 0 Å². The SMILES string of the molecule is CC(C)(C)c1ccc([C](c2ccc(C(C)(C)C)cc2)=[Hf+2]([C]2=CC=CC2)[CH]2c3cc(-c4ccccc4)c(C(C)(C)C)cc3-c3cc(C(C)(C)C)c(-c4ccccc4)cc32)cc1.[Cl-].[Cl-]. The molecule has 6 aromatic rings. The fourth-order valence-electron chi connectivity index (χ4n) is 9.50. The van der Waals surface area contributed by atoms with Crippen LogP contribution in [-0.4, -0.2) is 3.26 Å². The van der Waals surface area contributed by atoms with Crippen LogP contribution in [0.3, 0.4) is 0 Å². The Morgan fingerprint density at radius 1 is 0.452 bits per heavy atom. The molecule has 8 rings (SSSR count). The van der Waals surface area contributed by atoms with Gasteiger partial charge in [0.25, 0.3) is 0 Å². The van der Waals surface area contributed by atoms with Crippen LogP contribution in [0.4, 0.5) is 0 Å². The maximum atomic E-state index is 2.66. The molecule has 0 aromatic heterocycles. The summed E-state index contributed by atoms with van der Waals surface area (Å²) in [4.78, 5) is 0. The van der Waals surface area contributed by atoms with E-state index in [1.54, 1.807) is 6.58 Å². The van der Waals surface area contributed by atoms with Crippen molar-refractivity contribution in [1.29, 1.82) is 0 Å². The molecule has 0 N–H and O–H groups in total. The van der Waals surface area contributed by atoms with E-state index >= 15 is 0 Å². The zero-order valence-electron chi connectivity index (χ0n) is 39.0.